The number of hydrogen-bond donors (Lipinski definition) is 1. The van der Waals surface area contributed by atoms with Gasteiger partial charge >= 0.3 is 24.7 Å². The Balaban J connectivity index is 2.06. The predicted octanol–water partition coefficient (Wildman–Crippen LogP) is -0.485. The van der Waals surface area contributed by atoms with Crippen LogP contribution in [0.15, 0.2) is 0 Å². The Hall–Kier alpha value is -0.490. The van der Waals surface area contributed by atoms with Crippen molar-refractivity contribution >= 4 is 0 Å². The van der Waals surface area contributed by atoms with E-state index in [0.29, 0.717) is 0 Å². The number of aliphatic hydroxyl groups excluding tert-OH is 1. The molecule has 4 heterocycles. The number of alkyl halides is 3. The van der Waals surface area contributed by atoms with Crippen LogP contribution < -0.4 is 0 Å². The van der Waals surface area contributed by atoms with E-state index in [1.165, 1.54) is 0 Å². The normalized spacial score (nSPS) is 62.4. The molecule has 1 N–H and O–H groups in total. The van der Waals surface area contributed by atoms with Gasteiger partial charge in [-0.25, -0.2) is 28.4 Å². The second-order valence-electron chi connectivity index (χ2n) is 2.90. The van der Waals surface area contributed by atoms with Crippen LogP contribution in [0.2, 0.25) is 0 Å². The molecule has 7 nitrogen and oxygen atoms in total. The summed E-state index contributed by atoms with van der Waals surface area (Å²) in [4.78, 5) is 0. The molecule has 0 atom stereocenters. The average Bonchev–Trinajstić information content (AvgIpc) is 1.94. The molecule has 0 spiro atoms. The van der Waals surface area contributed by atoms with Crippen molar-refractivity contribution in [3.8, 4) is 0 Å². The van der Waals surface area contributed by atoms with Gasteiger partial charge in [0.25, 0.3) is 0 Å². The van der Waals surface area contributed by atoms with Crippen molar-refractivity contribution in [2.45, 2.75) is 24.7 Å². The maximum atomic E-state index is 13.3. The van der Waals surface area contributed by atoms with Crippen LogP contribution >= 0.6 is 0 Å². The first kappa shape index (κ1) is 9.72. The number of hydrogen-bond acceptors (Lipinski definition) is 7. The van der Waals surface area contributed by atoms with E-state index in [1.807, 2.05) is 0 Å². The Bertz CT molecular complexity index is 270. The minimum absolute atomic E-state index is 1.20. The summed E-state index contributed by atoms with van der Waals surface area (Å²) in [5, 5.41) is 8.73. The largest absolute Gasteiger partial charge is 0.465 e. The molecule has 4 rings (SSSR count). The van der Waals surface area contributed by atoms with Crippen LogP contribution in [0, 0.1) is 0 Å². The third-order valence-electron chi connectivity index (χ3n) is 1.76. The Morgan fingerprint density at radius 3 is 1.33 bits per heavy atom. The first-order chi connectivity index (χ1) is 6.80. The third-order valence-corrected chi connectivity index (χ3v) is 1.76. The SMILES string of the molecule is OCC12OC3(F)OC(F)(OC(F)(O3)O1)O2. The highest BCUT2D eigenvalue weighted by molar-refractivity contribution is 4.75. The zero-order valence-corrected chi connectivity index (χ0v) is 6.74. The molecule has 10 heteroatoms. The first-order valence-electron chi connectivity index (χ1n) is 3.69. The summed E-state index contributed by atoms with van der Waals surface area (Å²) in [6, 6.07) is 0. The Morgan fingerprint density at radius 2 is 1.07 bits per heavy atom. The lowest BCUT2D eigenvalue weighted by molar-refractivity contribution is -0.843. The van der Waals surface area contributed by atoms with Crippen LogP contribution in [0.5, 0.6) is 0 Å². The van der Waals surface area contributed by atoms with Gasteiger partial charge in [-0.15, -0.1) is 0 Å². The fraction of sp³-hybridized carbons (Fsp3) is 1.00. The van der Waals surface area contributed by atoms with E-state index in [4.69, 9.17) is 5.11 Å². The average molecular weight is 232 g/mol. The molecule has 86 valence electrons. The van der Waals surface area contributed by atoms with Crippen LogP contribution in [-0.4, -0.2) is 36.4 Å². The van der Waals surface area contributed by atoms with Gasteiger partial charge in [0.05, 0.1) is 0 Å². The molecule has 4 fully saturated rings. The van der Waals surface area contributed by atoms with E-state index in [-0.39, 0.29) is 0 Å². The number of aliphatic hydroxyl groups is 1. The van der Waals surface area contributed by atoms with Gasteiger partial charge in [-0.05, 0) is 0 Å². The topological polar surface area (TPSA) is 75.6 Å². The molecular weight excluding hydrogens is 229 g/mol. The predicted molar refractivity (Wildman–Crippen MR) is 27.8 cm³/mol. The molecule has 0 amide bonds. The maximum absolute atomic E-state index is 13.3. The van der Waals surface area contributed by atoms with Gasteiger partial charge in [0.2, 0.25) is 0 Å². The van der Waals surface area contributed by atoms with E-state index in [1.54, 1.807) is 0 Å². The minimum atomic E-state index is -3.60. The standard InChI is InChI=1S/C5H3F3O7/c6-3-10-2(1-9)11-4(7,13-3)15-5(8,12-2)14-3/h9H,1H2. The molecule has 4 bridgehead atoms. The van der Waals surface area contributed by atoms with Crippen LogP contribution in [0.1, 0.15) is 0 Å². The summed E-state index contributed by atoms with van der Waals surface area (Å²) in [7, 11) is 0. The summed E-state index contributed by atoms with van der Waals surface area (Å²) >= 11 is 0. The molecule has 15 heavy (non-hydrogen) atoms. The molecule has 0 unspecified atom stereocenters. The van der Waals surface area contributed by atoms with E-state index in [9.17, 15) is 13.2 Å². The Labute approximate surface area is 79.2 Å². The lowest BCUT2D eigenvalue weighted by atomic mass is 10.5. The van der Waals surface area contributed by atoms with Gasteiger partial charge in [0.1, 0.15) is 6.61 Å². The summed E-state index contributed by atoms with van der Waals surface area (Å²) in [5.41, 5.74) is 0. The van der Waals surface area contributed by atoms with Crippen molar-refractivity contribution in [3.05, 3.63) is 0 Å². The van der Waals surface area contributed by atoms with Gasteiger partial charge in [0.15, 0.2) is 0 Å². The van der Waals surface area contributed by atoms with Crippen molar-refractivity contribution in [3.63, 3.8) is 0 Å². The highest BCUT2D eigenvalue weighted by atomic mass is 19.2. The van der Waals surface area contributed by atoms with Crippen LogP contribution in [0.4, 0.5) is 13.2 Å². The molecule has 4 aliphatic rings. The summed E-state index contributed by atoms with van der Waals surface area (Å²) in [6.45, 7) is -1.20. The molecular formula is C5H3F3O7. The maximum Gasteiger partial charge on any atom is 0.465 e. The van der Waals surface area contributed by atoms with Crippen LogP contribution in [-0.2, 0) is 28.4 Å². The number of ether oxygens (including phenoxy) is 6. The van der Waals surface area contributed by atoms with Gasteiger partial charge < -0.3 is 5.11 Å². The van der Waals surface area contributed by atoms with E-state index < -0.39 is 31.3 Å². The number of rotatable bonds is 1. The molecule has 0 radical (unpaired) electrons. The second kappa shape index (κ2) is 2.27. The van der Waals surface area contributed by atoms with Crippen molar-refractivity contribution in [2.24, 2.45) is 0 Å². The van der Waals surface area contributed by atoms with Crippen molar-refractivity contribution in [1.82, 2.24) is 0 Å². The summed E-state index contributed by atoms with van der Waals surface area (Å²) < 4.78 is 63.5. The van der Waals surface area contributed by atoms with E-state index >= 15 is 0 Å². The lowest BCUT2D eigenvalue weighted by Gasteiger charge is -2.56. The van der Waals surface area contributed by atoms with Crippen LogP contribution in [0.25, 0.3) is 0 Å². The highest BCUT2D eigenvalue weighted by Gasteiger charge is 2.80. The summed E-state index contributed by atoms with van der Waals surface area (Å²) in [6.07, 6.45) is -10.8. The second-order valence-corrected chi connectivity index (χ2v) is 2.90. The van der Waals surface area contributed by atoms with Gasteiger partial charge in [-0.1, -0.05) is 0 Å². The first-order valence-corrected chi connectivity index (χ1v) is 3.69. The smallest absolute Gasteiger partial charge is 0.388 e. The minimum Gasteiger partial charge on any atom is -0.388 e. The highest BCUT2D eigenvalue weighted by Crippen LogP contribution is 2.56. The van der Waals surface area contributed by atoms with Gasteiger partial charge in [0, 0.05) is 0 Å². The quantitative estimate of drug-likeness (QED) is 0.653. The van der Waals surface area contributed by atoms with Crippen LogP contribution in [0.3, 0.4) is 0 Å². The van der Waals surface area contributed by atoms with Crippen molar-refractivity contribution in [1.29, 1.82) is 0 Å². The Morgan fingerprint density at radius 1 is 0.733 bits per heavy atom. The monoisotopic (exact) mass is 232 g/mol. The zero-order chi connectivity index (χ0) is 10.9. The number of halogens is 3. The third kappa shape index (κ3) is 1.21. The van der Waals surface area contributed by atoms with Gasteiger partial charge in [-0.2, -0.15) is 13.2 Å². The van der Waals surface area contributed by atoms with Gasteiger partial charge in [-0.3, -0.25) is 0 Å². The molecule has 4 aliphatic heterocycles. The van der Waals surface area contributed by atoms with E-state index in [2.05, 4.69) is 28.4 Å². The molecule has 4 saturated heterocycles. The molecule has 0 aromatic rings. The molecule has 0 saturated carbocycles. The summed E-state index contributed by atoms with van der Waals surface area (Å²) in [5.74, 6) is -2.72. The fourth-order valence-electron chi connectivity index (χ4n) is 1.34. The lowest BCUT2D eigenvalue weighted by Crippen LogP contribution is -2.77. The zero-order valence-electron chi connectivity index (χ0n) is 6.74. The fourth-order valence-corrected chi connectivity index (χ4v) is 1.34. The molecule has 0 aliphatic carbocycles. The molecule has 0 aromatic heterocycles. The van der Waals surface area contributed by atoms with E-state index in [0.717, 1.165) is 0 Å². The van der Waals surface area contributed by atoms with Crippen molar-refractivity contribution < 1.29 is 46.7 Å². The Kier molecular flexibility index (Phi) is 1.47. The van der Waals surface area contributed by atoms with Crippen molar-refractivity contribution in [2.75, 3.05) is 6.61 Å². The molecule has 0 aromatic carbocycles.